The van der Waals surface area contributed by atoms with Crippen molar-refractivity contribution in [1.82, 2.24) is 0 Å². The molecule has 2 aromatic rings. The van der Waals surface area contributed by atoms with Crippen LogP contribution in [-0.4, -0.2) is 5.11 Å². The van der Waals surface area contributed by atoms with Gasteiger partial charge in [-0.25, -0.2) is 0 Å². The molecule has 0 aliphatic rings. The molecule has 1 unspecified atom stereocenters. The summed E-state index contributed by atoms with van der Waals surface area (Å²) < 4.78 is 0. The maximum Gasteiger partial charge on any atom is 0.113 e. The van der Waals surface area contributed by atoms with Gasteiger partial charge in [-0.1, -0.05) is 23.7 Å². The molecule has 84 valence electrons. The van der Waals surface area contributed by atoms with Gasteiger partial charge < -0.3 is 5.11 Å². The summed E-state index contributed by atoms with van der Waals surface area (Å²) >= 11 is 7.46. The lowest BCUT2D eigenvalue weighted by atomic mass is 10.1. The van der Waals surface area contributed by atoms with Crippen molar-refractivity contribution in [2.24, 2.45) is 0 Å². The molecule has 1 aromatic heterocycles. The maximum absolute atomic E-state index is 10.2. The van der Waals surface area contributed by atoms with Gasteiger partial charge in [-0.05, 0) is 43.2 Å². The summed E-state index contributed by atoms with van der Waals surface area (Å²) in [6.07, 6.45) is -0.545. The Labute approximate surface area is 104 Å². The minimum absolute atomic E-state index is 0.545. The fourth-order valence-electron chi connectivity index (χ4n) is 1.73. The number of halogens is 1. The van der Waals surface area contributed by atoms with Crippen molar-refractivity contribution in [2.75, 3.05) is 0 Å². The zero-order valence-electron chi connectivity index (χ0n) is 9.20. The van der Waals surface area contributed by atoms with E-state index in [0.29, 0.717) is 5.02 Å². The van der Waals surface area contributed by atoms with Crippen LogP contribution in [0.3, 0.4) is 0 Å². The van der Waals surface area contributed by atoms with E-state index >= 15 is 0 Å². The Kier molecular flexibility index (Phi) is 3.33. The number of hydrogen-bond donors (Lipinski definition) is 1. The van der Waals surface area contributed by atoms with Crippen LogP contribution in [0.1, 0.15) is 27.0 Å². The van der Waals surface area contributed by atoms with Crippen LogP contribution in [0.2, 0.25) is 5.02 Å². The Bertz CT molecular complexity index is 487. The van der Waals surface area contributed by atoms with E-state index in [-0.39, 0.29) is 0 Å². The van der Waals surface area contributed by atoms with Crippen molar-refractivity contribution >= 4 is 22.9 Å². The van der Waals surface area contributed by atoms with Gasteiger partial charge in [0.2, 0.25) is 0 Å². The Balaban J connectivity index is 2.35. The Morgan fingerprint density at radius 3 is 2.31 bits per heavy atom. The molecule has 0 aliphatic heterocycles. The Morgan fingerprint density at radius 1 is 1.19 bits per heavy atom. The highest BCUT2D eigenvalue weighted by molar-refractivity contribution is 7.12. The van der Waals surface area contributed by atoms with Gasteiger partial charge in [-0.3, -0.25) is 0 Å². The first-order valence-corrected chi connectivity index (χ1v) is 6.28. The first kappa shape index (κ1) is 11.6. The van der Waals surface area contributed by atoms with Crippen LogP contribution in [0.5, 0.6) is 0 Å². The first-order chi connectivity index (χ1) is 7.58. The zero-order chi connectivity index (χ0) is 11.7. The third-order valence-electron chi connectivity index (χ3n) is 2.51. The number of hydrogen-bond acceptors (Lipinski definition) is 2. The van der Waals surface area contributed by atoms with Crippen molar-refractivity contribution in [3.8, 4) is 0 Å². The van der Waals surface area contributed by atoms with Gasteiger partial charge in [0.25, 0.3) is 0 Å². The van der Waals surface area contributed by atoms with Crippen LogP contribution in [-0.2, 0) is 0 Å². The number of thiophene rings is 1. The van der Waals surface area contributed by atoms with E-state index in [1.165, 1.54) is 4.88 Å². The summed E-state index contributed by atoms with van der Waals surface area (Å²) in [6.45, 7) is 4.08. The van der Waals surface area contributed by atoms with Crippen molar-refractivity contribution in [3.05, 3.63) is 56.2 Å². The first-order valence-electron chi connectivity index (χ1n) is 5.08. The van der Waals surface area contributed by atoms with Gasteiger partial charge in [0.05, 0.1) is 0 Å². The summed E-state index contributed by atoms with van der Waals surface area (Å²) in [5, 5.41) is 10.9. The highest BCUT2D eigenvalue weighted by Crippen LogP contribution is 2.32. The van der Waals surface area contributed by atoms with Gasteiger partial charge in [-0.15, -0.1) is 11.3 Å². The van der Waals surface area contributed by atoms with Crippen molar-refractivity contribution in [1.29, 1.82) is 0 Å². The number of aliphatic hydroxyl groups is 1. The largest absolute Gasteiger partial charge is 0.383 e. The monoisotopic (exact) mass is 252 g/mol. The predicted octanol–water partition coefficient (Wildman–Crippen LogP) is 4.10. The molecule has 0 saturated carbocycles. The average molecular weight is 253 g/mol. The second-order valence-electron chi connectivity index (χ2n) is 3.86. The van der Waals surface area contributed by atoms with Crippen molar-refractivity contribution in [2.45, 2.75) is 20.0 Å². The van der Waals surface area contributed by atoms with E-state index in [0.717, 1.165) is 16.0 Å². The number of aryl methyl sites for hydroxylation is 2. The van der Waals surface area contributed by atoms with E-state index in [2.05, 4.69) is 13.0 Å². The SMILES string of the molecule is Cc1cc(C)c(C(O)c2ccc(Cl)cc2)s1. The molecule has 2 rings (SSSR count). The summed E-state index contributed by atoms with van der Waals surface area (Å²) in [5.41, 5.74) is 2.03. The summed E-state index contributed by atoms with van der Waals surface area (Å²) in [4.78, 5) is 2.24. The number of rotatable bonds is 2. The van der Waals surface area contributed by atoms with E-state index in [4.69, 9.17) is 11.6 Å². The molecule has 1 atom stereocenters. The highest BCUT2D eigenvalue weighted by Gasteiger charge is 2.15. The smallest absolute Gasteiger partial charge is 0.113 e. The van der Waals surface area contributed by atoms with E-state index in [9.17, 15) is 5.11 Å². The molecule has 0 bridgehead atoms. The van der Waals surface area contributed by atoms with E-state index in [1.807, 2.05) is 19.1 Å². The number of aliphatic hydroxyl groups excluding tert-OH is 1. The molecule has 0 saturated heterocycles. The van der Waals surface area contributed by atoms with E-state index < -0.39 is 6.10 Å². The van der Waals surface area contributed by atoms with Crippen molar-refractivity contribution in [3.63, 3.8) is 0 Å². The fraction of sp³-hybridized carbons (Fsp3) is 0.231. The third kappa shape index (κ3) is 2.29. The summed E-state index contributed by atoms with van der Waals surface area (Å²) in [5.74, 6) is 0. The molecule has 16 heavy (non-hydrogen) atoms. The molecule has 0 spiro atoms. The van der Waals surface area contributed by atoms with Crippen LogP contribution in [0.15, 0.2) is 30.3 Å². The van der Waals surface area contributed by atoms with Gasteiger partial charge in [-0.2, -0.15) is 0 Å². The molecule has 0 fully saturated rings. The van der Waals surface area contributed by atoms with Crippen LogP contribution in [0.25, 0.3) is 0 Å². The Hall–Kier alpha value is -0.830. The highest BCUT2D eigenvalue weighted by atomic mass is 35.5. The normalized spacial score (nSPS) is 12.8. The van der Waals surface area contributed by atoms with E-state index in [1.54, 1.807) is 23.5 Å². The van der Waals surface area contributed by atoms with Crippen LogP contribution >= 0.6 is 22.9 Å². The van der Waals surface area contributed by atoms with Crippen LogP contribution < -0.4 is 0 Å². The minimum atomic E-state index is -0.545. The molecule has 1 nitrogen and oxygen atoms in total. The van der Waals surface area contributed by atoms with Crippen LogP contribution in [0, 0.1) is 13.8 Å². The molecule has 0 amide bonds. The standard InChI is InChI=1S/C13H13ClOS/c1-8-7-9(2)16-13(8)12(15)10-3-5-11(14)6-4-10/h3-7,12,15H,1-2H3. The van der Waals surface area contributed by atoms with Crippen molar-refractivity contribution < 1.29 is 5.11 Å². The molecule has 1 N–H and O–H groups in total. The predicted molar refractivity (Wildman–Crippen MR) is 69.3 cm³/mol. The molecule has 1 aromatic carbocycles. The lowest BCUT2D eigenvalue weighted by Gasteiger charge is -2.10. The van der Waals surface area contributed by atoms with Gasteiger partial charge in [0, 0.05) is 14.8 Å². The van der Waals surface area contributed by atoms with Gasteiger partial charge in [0.1, 0.15) is 6.10 Å². The fourth-order valence-corrected chi connectivity index (χ4v) is 2.90. The van der Waals surface area contributed by atoms with Crippen LogP contribution in [0.4, 0.5) is 0 Å². The average Bonchev–Trinajstić information content (AvgIpc) is 2.58. The third-order valence-corrected chi connectivity index (χ3v) is 3.97. The van der Waals surface area contributed by atoms with Gasteiger partial charge in [0.15, 0.2) is 0 Å². The lowest BCUT2D eigenvalue weighted by molar-refractivity contribution is 0.223. The summed E-state index contributed by atoms with van der Waals surface area (Å²) in [7, 11) is 0. The topological polar surface area (TPSA) is 20.2 Å². The van der Waals surface area contributed by atoms with Gasteiger partial charge >= 0.3 is 0 Å². The maximum atomic E-state index is 10.2. The second-order valence-corrected chi connectivity index (χ2v) is 5.58. The number of benzene rings is 1. The summed E-state index contributed by atoms with van der Waals surface area (Å²) in [6, 6.07) is 9.42. The molecule has 1 heterocycles. The molecular formula is C13H13ClOS. The lowest BCUT2D eigenvalue weighted by Crippen LogP contribution is -1.98. The minimum Gasteiger partial charge on any atom is -0.383 e. The molecule has 3 heteroatoms. The molecule has 0 aliphatic carbocycles. The molecule has 0 radical (unpaired) electrons. The zero-order valence-corrected chi connectivity index (χ0v) is 10.8. The Morgan fingerprint density at radius 2 is 1.81 bits per heavy atom. The second kappa shape index (κ2) is 4.58. The quantitative estimate of drug-likeness (QED) is 0.853. The molecular weight excluding hydrogens is 240 g/mol.